The number of hydrogen-bond donors (Lipinski definition) is 0. The third-order valence-corrected chi connectivity index (χ3v) is 2.53. The summed E-state index contributed by atoms with van der Waals surface area (Å²) in [4.78, 5) is 14.2. The summed E-state index contributed by atoms with van der Waals surface area (Å²) in [6, 6.07) is 2.44. The average Bonchev–Trinajstić information content (AvgIpc) is 2.17. The summed E-state index contributed by atoms with van der Waals surface area (Å²) < 4.78 is 24.7. The first-order chi connectivity index (χ1) is 6.97. The Morgan fingerprint density at radius 1 is 1.67 bits per heavy atom. The number of nitriles is 1. The quantitative estimate of drug-likeness (QED) is 0.788. The van der Waals surface area contributed by atoms with E-state index in [1.165, 1.54) is 0 Å². The molecule has 0 N–H and O–H groups in total. The normalized spacial score (nSPS) is 10.1. The zero-order valence-electron chi connectivity index (χ0n) is 6.97. The van der Waals surface area contributed by atoms with Crippen LogP contribution in [0, 0.1) is 11.3 Å². The van der Waals surface area contributed by atoms with Crippen molar-refractivity contribution in [2.24, 2.45) is 0 Å². The van der Waals surface area contributed by atoms with Gasteiger partial charge in [-0.25, -0.2) is 13.8 Å². The summed E-state index contributed by atoms with van der Waals surface area (Å²) in [6.45, 7) is 0. The van der Waals surface area contributed by atoms with Crippen molar-refractivity contribution in [2.45, 2.75) is 6.43 Å². The highest BCUT2D eigenvalue weighted by Crippen LogP contribution is 2.26. The highest BCUT2D eigenvalue weighted by Gasteiger charge is 2.18. The Labute approximate surface area is 96.8 Å². The van der Waals surface area contributed by atoms with Crippen molar-refractivity contribution in [3.05, 3.63) is 27.5 Å². The first kappa shape index (κ1) is 12.0. The van der Waals surface area contributed by atoms with E-state index in [0.29, 0.717) is 0 Å². The zero-order valence-corrected chi connectivity index (χ0v) is 9.31. The van der Waals surface area contributed by atoms with E-state index in [4.69, 9.17) is 16.9 Å². The van der Waals surface area contributed by atoms with Gasteiger partial charge in [0.15, 0.2) is 5.69 Å². The van der Waals surface area contributed by atoms with Gasteiger partial charge in [-0.15, -0.1) is 0 Å². The van der Waals surface area contributed by atoms with Crippen LogP contribution in [0.3, 0.4) is 0 Å². The summed E-state index contributed by atoms with van der Waals surface area (Å²) in [5, 5.41) is 7.66. The van der Waals surface area contributed by atoms with E-state index in [1.54, 1.807) is 6.07 Å². The number of nitrogens with zero attached hydrogens (tertiary/aromatic N) is 2. The van der Waals surface area contributed by atoms with E-state index in [2.05, 4.69) is 20.9 Å². The van der Waals surface area contributed by atoms with Gasteiger partial charge in [0.05, 0.1) is 10.0 Å². The van der Waals surface area contributed by atoms with Gasteiger partial charge in [0, 0.05) is 0 Å². The highest BCUT2D eigenvalue weighted by molar-refractivity contribution is 9.10. The number of rotatable bonds is 2. The molecule has 0 fully saturated rings. The number of aromatic nitrogens is 1. The van der Waals surface area contributed by atoms with E-state index >= 15 is 0 Å². The van der Waals surface area contributed by atoms with Crippen LogP contribution in [0.15, 0.2) is 10.5 Å². The van der Waals surface area contributed by atoms with Crippen LogP contribution in [-0.4, -0.2) is 10.2 Å². The molecule has 0 spiro atoms. The second kappa shape index (κ2) is 4.64. The Kier molecular flexibility index (Phi) is 3.72. The van der Waals surface area contributed by atoms with Gasteiger partial charge >= 0.3 is 0 Å². The topological polar surface area (TPSA) is 53.8 Å². The lowest BCUT2D eigenvalue weighted by atomic mass is 10.2. The van der Waals surface area contributed by atoms with E-state index < -0.39 is 17.4 Å². The third-order valence-electron chi connectivity index (χ3n) is 1.52. The van der Waals surface area contributed by atoms with Crippen LogP contribution in [0.5, 0.6) is 0 Å². The first-order valence-corrected chi connectivity index (χ1v) is 4.73. The largest absolute Gasteiger partial charge is 0.280 e. The molecule has 1 heterocycles. The van der Waals surface area contributed by atoms with Gasteiger partial charge in [-0.2, -0.15) is 5.26 Å². The monoisotopic (exact) mass is 294 g/mol. The van der Waals surface area contributed by atoms with Crippen molar-refractivity contribution in [1.82, 2.24) is 4.98 Å². The summed E-state index contributed by atoms with van der Waals surface area (Å²) in [5.41, 5.74) is -1.14. The van der Waals surface area contributed by atoms with Crippen molar-refractivity contribution in [1.29, 1.82) is 5.26 Å². The standard InChI is InChI=1S/C8H2BrClF2N2O/c9-6-3(7(10)15)1-4(8(11)12)14-5(6)2-13/h1,8H. The number of pyridine rings is 1. The van der Waals surface area contributed by atoms with Crippen molar-refractivity contribution in [2.75, 3.05) is 0 Å². The number of halogens is 4. The molecule has 0 aromatic carbocycles. The molecule has 0 aliphatic carbocycles. The summed E-state index contributed by atoms with van der Waals surface area (Å²) in [6.07, 6.45) is -2.86. The molecule has 0 aliphatic heterocycles. The van der Waals surface area contributed by atoms with Crippen molar-refractivity contribution in [3.63, 3.8) is 0 Å². The van der Waals surface area contributed by atoms with Gasteiger partial charge < -0.3 is 0 Å². The highest BCUT2D eigenvalue weighted by atomic mass is 79.9. The molecule has 0 aliphatic rings. The van der Waals surface area contributed by atoms with Crippen LogP contribution in [0.4, 0.5) is 8.78 Å². The fourth-order valence-electron chi connectivity index (χ4n) is 0.878. The lowest BCUT2D eigenvalue weighted by Crippen LogP contribution is -2.01. The molecule has 0 amide bonds. The third kappa shape index (κ3) is 2.49. The average molecular weight is 295 g/mol. The smallest absolute Gasteiger partial charge is 0.276 e. The molecule has 78 valence electrons. The van der Waals surface area contributed by atoms with Crippen LogP contribution in [-0.2, 0) is 0 Å². The first-order valence-electron chi connectivity index (χ1n) is 3.56. The minimum atomic E-state index is -2.86. The van der Waals surface area contributed by atoms with Crippen LogP contribution in [0.1, 0.15) is 28.2 Å². The van der Waals surface area contributed by atoms with Gasteiger partial charge in [0.1, 0.15) is 11.8 Å². The minimum Gasteiger partial charge on any atom is -0.276 e. The maximum atomic E-state index is 12.3. The van der Waals surface area contributed by atoms with Crippen LogP contribution in [0.25, 0.3) is 0 Å². The Hall–Kier alpha value is -1.06. The Morgan fingerprint density at radius 3 is 2.67 bits per heavy atom. The molecule has 3 nitrogen and oxygen atoms in total. The van der Waals surface area contributed by atoms with E-state index in [9.17, 15) is 13.6 Å². The Morgan fingerprint density at radius 2 is 2.27 bits per heavy atom. The molecule has 0 atom stereocenters. The Balaban J connectivity index is 3.47. The number of hydrogen-bond acceptors (Lipinski definition) is 3. The lowest BCUT2D eigenvalue weighted by molar-refractivity contribution is 0.107. The minimum absolute atomic E-state index is 0.0226. The van der Waals surface area contributed by atoms with Crippen molar-refractivity contribution in [3.8, 4) is 6.07 Å². The molecule has 0 unspecified atom stereocenters. The van der Waals surface area contributed by atoms with Gasteiger partial charge in [-0.3, -0.25) is 4.79 Å². The second-order valence-corrected chi connectivity index (χ2v) is 3.58. The zero-order chi connectivity index (χ0) is 11.6. The van der Waals surface area contributed by atoms with Crippen molar-refractivity contribution < 1.29 is 13.6 Å². The maximum absolute atomic E-state index is 12.3. The van der Waals surface area contributed by atoms with Gasteiger partial charge in [-0.1, -0.05) is 0 Å². The molecule has 0 saturated heterocycles. The van der Waals surface area contributed by atoms with Crippen LogP contribution >= 0.6 is 27.5 Å². The maximum Gasteiger partial charge on any atom is 0.280 e. The Bertz CT molecular complexity index is 459. The number of carbonyl (C=O) groups is 1. The summed E-state index contributed by atoms with van der Waals surface area (Å²) >= 11 is 8.05. The van der Waals surface area contributed by atoms with Crippen LogP contribution in [0.2, 0.25) is 0 Å². The number of carbonyl (C=O) groups excluding carboxylic acids is 1. The van der Waals surface area contributed by atoms with E-state index in [1.807, 2.05) is 0 Å². The summed E-state index contributed by atoms with van der Waals surface area (Å²) in [7, 11) is 0. The number of alkyl halides is 2. The molecule has 15 heavy (non-hydrogen) atoms. The van der Waals surface area contributed by atoms with Crippen molar-refractivity contribution >= 4 is 32.8 Å². The molecule has 1 aromatic rings. The molecular weight excluding hydrogens is 293 g/mol. The van der Waals surface area contributed by atoms with Gasteiger partial charge in [-0.05, 0) is 33.6 Å². The second-order valence-electron chi connectivity index (χ2n) is 2.44. The predicted molar refractivity (Wildman–Crippen MR) is 51.8 cm³/mol. The summed E-state index contributed by atoms with van der Waals surface area (Å²) in [5.74, 6) is 0. The molecule has 0 radical (unpaired) electrons. The van der Waals surface area contributed by atoms with E-state index in [-0.39, 0.29) is 15.7 Å². The molecular formula is C8H2BrClF2N2O. The predicted octanol–water partition coefficient (Wildman–Crippen LogP) is 3.03. The molecule has 0 saturated carbocycles. The molecule has 7 heteroatoms. The van der Waals surface area contributed by atoms with E-state index in [0.717, 1.165) is 6.07 Å². The SMILES string of the molecule is N#Cc1nc(C(F)F)cc(C(=O)Cl)c1Br. The van der Waals surface area contributed by atoms with Gasteiger partial charge in [0.25, 0.3) is 11.7 Å². The fourth-order valence-corrected chi connectivity index (χ4v) is 1.61. The van der Waals surface area contributed by atoms with Gasteiger partial charge in [0.2, 0.25) is 0 Å². The lowest BCUT2D eigenvalue weighted by Gasteiger charge is -2.04. The molecule has 1 aromatic heterocycles. The molecule has 0 bridgehead atoms. The molecule has 1 rings (SSSR count). The van der Waals surface area contributed by atoms with Crippen LogP contribution < -0.4 is 0 Å². The fraction of sp³-hybridized carbons (Fsp3) is 0.125.